The maximum atomic E-state index is 13.4. The standard InChI is InChI=1S/C83H137NO18/c1-3-5-7-9-11-13-15-17-19-21-22-23-24-25-26-27-28-29-30-31-32-33-34-35-36-37-38-39-40-41-42-43-44-45-47-49-51-53-55-57-59-61-71(89)84-66(67(88)60-58-56-54-52-50-48-46-20-18-16-14-12-10-8-6-4-2)65-97-81-77(95)74(92)79(69(63-86)99-81)102-83-78(96)75(93)80(70(64-87)100-83)101-82-76(94)73(91)72(90)68(62-85)98-82/h5,7,11,13,17,19,22-23,25-26,28-29,31-32,34-35,37-38,40-41,50,52,58,60,66-70,72-83,85-88,90-96H,3-4,6,8-10,12,14-16,18,20-21,24,27,30,33,36,39,42-49,51,53-57,59,61-65H2,1-2H3,(H,84,89)/b7-5-,13-11-,19-17-,23-22-,26-25-,29-28-,32-31-,35-34-,38-37-,41-40-,52-50+,60-58+. The molecule has 0 aromatic rings. The molecule has 3 heterocycles. The quantitative estimate of drug-likeness (QED) is 0.0199. The number of carbonyl (C=O) groups excluding carboxylic acids is 1. The highest BCUT2D eigenvalue weighted by Crippen LogP contribution is 2.33. The van der Waals surface area contributed by atoms with Gasteiger partial charge >= 0.3 is 0 Å². The molecule has 3 fully saturated rings. The van der Waals surface area contributed by atoms with E-state index < -0.39 is 124 Å². The van der Waals surface area contributed by atoms with Gasteiger partial charge in [-0.15, -0.1) is 0 Å². The molecular weight excluding hydrogens is 1300 g/mol. The van der Waals surface area contributed by atoms with Crippen molar-refractivity contribution >= 4 is 5.91 Å². The Kier molecular flexibility index (Phi) is 55.7. The van der Waals surface area contributed by atoms with Gasteiger partial charge in [-0.05, 0) is 109 Å². The normalized spacial score (nSPS) is 27.0. The Hall–Kier alpha value is -4.33. The molecule has 1 amide bonds. The van der Waals surface area contributed by atoms with Gasteiger partial charge in [-0.2, -0.15) is 0 Å². The number of hydrogen-bond donors (Lipinski definition) is 12. The van der Waals surface area contributed by atoms with Crippen LogP contribution in [0.3, 0.4) is 0 Å². The third kappa shape index (κ3) is 41.5. The summed E-state index contributed by atoms with van der Waals surface area (Å²) < 4.78 is 34.4. The first-order chi connectivity index (χ1) is 49.8. The van der Waals surface area contributed by atoms with E-state index in [1.165, 1.54) is 89.9 Å². The number of hydrogen-bond acceptors (Lipinski definition) is 18. The molecule has 0 aromatic heterocycles. The van der Waals surface area contributed by atoms with E-state index in [0.29, 0.717) is 12.8 Å². The molecule has 3 saturated heterocycles. The first-order valence-corrected chi connectivity index (χ1v) is 39.1. The lowest BCUT2D eigenvalue weighted by Gasteiger charge is -2.48. The van der Waals surface area contributed by atoms with Gasteiger partial charge in [0.1, 0.15) is 73.2 Å². The number of ether oxygens (including phenoxy) is 6. The summed E-state index contributed by atoms with van der Waals surface area (Å²) in [6.07, 6.45) is 62.6. The zero-order valence-corrected chi connectivity index (χ0v) is 62.0. The van der Waals surface area contributed by atoms with Crippen LogP contribution >= 0.6 is 0 Å². The Morgan fingerprint density at radius 2 is 0.686 bits per heavy atom. The smallest absolute Gasteiger partial charge is 0.220 e. The van der Waals surface area contributed by atoms with Gasteiger partial charge in [0.2, 0.25) is 5.91 Å². The van der Waals surface area contributed by atoms with Gasteiger partial charge in [0, 0.05) is 6.42 Å². The van der Waals surface area contributed by atoms with Crippen LogP contribution in [0.15, 0.2) is 146 Å². The van der Waals surface area contributed by atoms with Gasteiger partial charge in [0.15, 0.2) is 18.9 Å². The monoisotopic (exact) mass is 1440 g/mol. The van der Waals surface area contributed by atoms with Gasteiger partial charge in [-0.3, -0.25) is 4.79 Å². The van der Waals surface area contributed by atoms with E-state index in [4.69, 9.17) is 28.4 Å². The molecular formula is C83H137NO18. The number of aliphatic hydroxyl groups is 11. The molecule has 0 spiro atoms. The highest BCUT2D eigenvalue weighted by molar-refractivity contribution is 5.76. The van der Waals surface area contributed by atoms with Crippen molar-refractivity contribution in [3.8, 4) is 0 Å². The van der Waals surface area contributed by atoms with E-state index in [1.807, 2.05) is 6.08 Å². The zero-order chi connectivity index (χ0) is 73.9. The Labute approximate surface area is 613 Å². The molecule has 3 rings (SSSR count). The average molecular weight is 1440 g/mol. The van der Waals surface area contributed by atoms with Crippen molar-refractivity contribution in [2.24, 2.45) is 0 Å². The molecule has 19 heteroatoms. The molecule has 19 nitrogen and oxygen atoms in total. The van der Waals surface area contributed by atoms with Crippen molar-refractivity contribution in [3.05, 3.63) is 146 Å². The molecule has 0 aliphatic carbocycles. The van der Waals surface area contributed by atoms with Gasteiger partial charge in [-0.25, -0.2) is 0 Å². The van der Waals surface area contributed by atoms with Crippen LogP contribution in [0, 0.1) is 0 Å². The predicted molar refractivity (Wildman–Crippen MR) is 406 cm³/mol. The molecule has 102 heavy (non-hydrogen) atoms. The zero-order valence-electron chi connectivity index (χ0n) is 62.0. The first-order valence-electron chi connectivity index (χ1n) is 39.1. The fourth-order valence-corrected chi connectivity index (χ4v) is 12.1. The predicted octanol–water partition coefficient (Wildman–Crippen LogP) is 12.7. The summed E-state index contributed by atoms with van der Waals surface area (Å²) >= 11 is 0. The summed E-state index contributed by atoms with van der Waals surface area (Å²) in [5.74, 6) is -0.296. The number of rotatable bonds is 59. The summed E-state index contributed by atoms with van der Waals surface area (Å²) in [7, 11) is 0. The lowest BCUT2D eigenvalue weighted by atomic mass is 9.96. The molecule has 0 aromatic carbocycles. The first kappa shape index (κ1) is 91.9. The largest absolute Gasteiger partial charge is 0.394 e. The van der Waals surface area contributed by atoms with E-state index in [1.54, 1.807) is 6.08 Å². The summed E-state index contributed by atoms with van der Waals surface area (Å²) in [6.45, 7) is 1.58. The van der Waals surface area contributed by atoms with Crippen molar-refractivity contribution in [3.63, 3.8) is 0 Å². The summed E-state index contributed by atoms with van der Waals surface area (Å²) in [5.41, 5.74) is 0. The molecule has 0 bridgehead atoms. The molecule has 0 radical (unpaired) electrons. The van der Waals surface area contributed by atoms with Crippen LogP contribution in [0.25, 0.3) is 0 Å². The Balaban J connectivity index is 1.34. The maximum absolute atomic E-state index is 13.4. The summed E-state index contributed by atoms with van der Waals surface area (Å²) in [4.78, 5) is 13.4. The number of unbranched alkanes of at least 4 members (excludes halogenated alkanes) is 21. The number of aliphatic hydroxyl groups excluding tert-OH is 11. The third-order valence-electron chi connectivity index (χ3n) is 18.4. The Morgan fingerprint density at radius 3 is 1.10 bits per heavy atom. The highest BCUT2D eigenvalue weighted by Gasteiger charge is 2.53. The highest BCUT2D eigenvalue weighted by atomic mass is 16.8. The second-order valence-corrected chi connectivity index (χ2v) is 27.1. The van der Waals surface area contributed by atoms with E-state index in [2.05, 4.69) is 153 Å². The topological polar surface area (TPSA) is 307 Å². The molecule has 3 aliphatic rings. The van der Waals surface area contributed by atoms with Crippen LogP contribution in [0.5, 0.6) is 0 Å². The molecule has 3 aliphatic heterocycles. The van der Waals surface area contributed by atoms with E-state index in [9.17, 15) is 61.0 Å². The van der Waals surface area contributed by atoms with Crippen molar-refractivity contribution in [2.75, 3.05) is 26.4 Å². The summed E-state index contributed by atoms with van der Waals surface area (Å²) in [6, 6.07) is -1.00. The SMILES string of the molecule is CC/C=C\C/C=C\C/C=C\C/C=C\C/C=C\C/C=C\C/C=C\C/C=C\C/C=C\C/C=C\CCCCCCCCCCCCC(=O)NC(COC1OC(CO)C(OC2OC(CO)C(OC3OC(CO)C(O)C(O)C3O)C(O)C2O)C(O)C1O)C(O)/C=C/CC/C=C/CCCCCCCCCCCC. The molecule has 17 atom stereocenters. The fourth-order valence-electron chi connectivity index (χ4n) is 12.1. The van der Waals surface area contributed by atoms with E-state index >= 15 is 0 Å². The van der Waals surface area contributed by atoms with Crippen LogP contribution in [0.4, 0.5) is 0 Å². The fraction of sp³-hybridized carbons (Fsp3) is 0.699. The number of carbonyl (C=O) groups is 1. The van der Waals surface area contributed by atoms with Crippen molar-refractivity contribution in [1.82, 2.24) is 5.32 Å². The van der Waals surface area contributed by atoms with Crippen molar-refractivity contribution in [1.29, 1.82) is 0 Å². The van der Waals surface area contributed by atoms with E-state index in [0.717, 1.165) is 116 Å². The second kappa shape index (κ2) is 61.8. The van der Waals surface area contributed by atoms with Gasteiger partial charge < -0.3 is 89.9 Å². The molecule has 17 unspecified atom stereocenters. The average Bonchev–Trinajstić information content (AvgIpc) is 0.755. The van der Waals surface area contributed by atoms with Crippen LogP contribution in [0.1, 0.15) is 239 Å². The van der Waals surface area contributed by atoms with Crippen LogP contribution < -0.4 is 5.32 Å². The molecule has 12 N–H and O–H groups in total. The van der Waals surface area contributed by atoms with E-state index in [-0.39, 0.29) is 18.9 Å². The second-order valence-electron chi connectivity index (χ2n) is 27.1. The van der Waals surface area contributed by atoms with Crippen molar-refractivity contribution < 1.29 is 89.4 Å². The van der Waals surface area contributed by atoms with Crippen LogP contribution in [-0.2, 0) is 33.2 Å². The Morgan fingerprint density at radius 1 is 0.363 bits per heavy atom. The van der Waals surface area contributed by atoms with Crippen molar-refractivity contribution in [2.45, 2.75) is 343 Å². The van der Waals surface area contributed by atoms with Gasteiger partial charge in [0.05, 0.1) is 38.6 Å². The third-order valence-corrected chi connectivity index (χ3v) is 18.4. The molecule has 0 saturated carbocycles. The minimum absolute atomic E-state index is 0.221. The molecule has 582 valence electrons. The Bertz CT molecular complexity index is 2410. The lowest BCUT2D eigenvalue weighted by molar-refractivity contribution is -0.379. The number of amides is 1. The minimum atomic E-state index is -1.99. The van der Waals surface area contributed by atoms with Gasteiger partial charge in [-0.1, -0.05) is 269 Å². The lowest BCUT2D eigenvalue weighted by Crippen LogP contribution is -2.66. The van der Waals surface area contributed by atoms with Crippen LogP contribution in [0.2, 0.25) is 0 Å². The number of allylic oxidation sites excluding steroid dienone is 23. The van der Waals surface area contributed by atoms with Crippen LogP contribution in [-0.4, -0.2) is 193 Å². The van der Waals surface area contributed by atoms with Gasteiger partial charge in [0.25, 0.3) is 0 Å². The number of nitrogens with one attached hydrogen (secondary N) is 1. The minimum Gasteiger partial charge on any atom is -0.394 e. The maximum Gasteiger partial charge on any atom is 0.220 e. The summed E-state index contributed by atoms with van der Waals surface area (Å²) in [5, 5.41) is 121.